The minimum atomic E-state index is -0.248. The Balaban J connectivity index is 2.06. The van der Waals surface area contributed by atoms with E-state index in [1.807, 2.05) is 28.8 Å². The summed E-state index contributed by atoms with van der Waals surface area (Å²) in [5, 5.41) is 2.78. The highest BCUT2D eigenvalue weighted by Gasteiger charge is 2.36. The number of rotatable bonds is 9. The third-order valence-corrected chi connectivity index (χ3v) is 4.34. The molecule has 0 aliphatic carbocycles. The van der Waals surface area contributed by atoms with Crippen molar-refractivity contribution in [2.45, 2.75) is 16.8 Å². The van der Waals surface area contributed by atoms with Crippen LogP contribution in [0, 0.1) is 0 Å². The van der Waals surface area contributed by atoms with Crippen molar-refractivity contribution in [1.29, 1.82) is 0 Å². The van der Waals surface area contributed by atoms with Crippen LogP contribution in [0.4, 0.5) is 0 Å². The van der Waals surface area contributed by atoms with E-state index in [-0.39, 0.29) is 41.2 Å². The van der Waals surface area contributed by atoms with Crippen LogP contribution in [0.5, 0.6) is 0 Å². The zero-order valence-electron chi connectivity index (χ0n) is 11.4. The van der Waals surface area contributed by atoms with Crippen molar-refractivity contribution in [3.63, 3.8) is 0 Å². The Kier molecular flexibility index (Phi) is 8.46. The molecule has 1 N–H and O–H groups in total. The molecule has 8 heteroatoms. The topological polar surface area (TPSA) is 75.7 Å². The molecule has 0 aromatic carbocycles. The number of alkyl halides is 1. The van der Waals surface area contributed by atoms with E-state index < -0.39 is 0 Å². The van der Waals surface area contributed by atoms with Gasteiger partial charge in [-0.3, -0.25) is 19.3 Å². The average Bonchev–Trinajstić information content (AvgIpc) is 2.64. The van der Waals surface area contributed by atoms with Crippen LogP contribution in [-0.4, -0.2) is 64.9 Å². The summed E-state index contributed by atoms with van der Waals surface area (Å²) < 4.78 is 5.04. The molecule has 1 aliphatic heterocycles. The predicted molar refractivity (Wildman–Crippen MR) is 86.0 cm³/mol. The molecule has 1 atom stereocenters. The maximum Gasteiger partial charge on any atom is 0.242 e. The Bertz CT molecular complexity index is 367. The van der Waals surface area contributed by atoms with Gasteiger partial charge in [0.2, 0.25) is 17.7 Å². The van der Waals surface area contributed by atoms with Gasteiger partial charge in [-0.15, -0.1) is 0 Å². The van der Waals surface area contributed by atoms with Gasteiger partial charge in [-0.2, -0.15) is 11.8 Å². The first-order valence-corrected chi connectivity index (χ1v) is 9.02. The number of thioether (sulfide) groups is 1. The molecule has 1 unspecified atom stereocenters. The number of carbonyl (C=O) groups excluding carboxylic acids is 3. The lowest BCUT2D eigenvalue weighted by atomic mass is 10.4. The van der Waals surface area contributed by atoms with Gasteiger partial charge in [0.25, 0.3) is 0 Å². The third kappa shape index (κ3) is 5.96. The minimum absolute atomic E-state index is 0.0419. The molecule has 0 bridgehead atoms. The number of imide groups is 1. The van der Waals surface area contributed by atoms with Gasteiger partial charge < -0.3 is 10.1 Å². The standard InChI is InChI=1S/C12H19IN2O4S/c1-20-7-3-14-10(16)2-5-19-6-4-15-11(17)8-9(13)12(15)18/h9H,2-8H2,1H3,(H,14,16). The highest BCUT2D eigenvalue weighted by molar-refractivity contribution is 14.1. The molecule has 3 amide bonds. The van der Waals surface area contributed by atoms with Crippen molar-refractivity contribution in [3.05, 3.63) is 0 Å². The molecule has 0 spiro atoms. The summed E-state index contributed by atoms with van der Waals surface area (Å²) in [5.41, 5.74) is 0. The van der Waals surface area contributed by atoms with E-state index in [1.54, 1.807) is 11.8 Å². The van der Waals surface area contributed by atoms with Crippen LogP contribution >= 0.6 is 34.4 Å². The van der Waals surface area contributed by atoms with E-state index in [9.17, 15) is 14.4 Å². The number of ether oxygens (including phenoxy) is 1. The normalized spacial score (nSPS) is 18.7. The molecular formula is C12H19IN2O4S. The van der Waals surface area contributed by atoms with Crippen molar-refractivity contribution in [2.24, 2.45) is 0 Å². The van der Waals surface area contributed by atoms with Crippen molar-refractivity contribution >= 4 is 52.1 Å². The molecule has 1 saturated heterocycles. The number of amides is 3. The van der Waals surface area contributed by atoms with Crippen LogP contribution in [-0.2, 0) is 19.1 Å². The summed E-state index contributed by atoms with van der Waals surface area (Å²) in [7, 11) is 0. The quantitative estimate of drug-likeness (QED) is 0.257. The van der Waals surface area contributed by atoms with E-state index in [1.165, 1.54) is 4.90 Å². The number of nitrogens with zero attached hydrogens (tertiary/aromatic N) is 1. The number of nitrogens with one attached hydrogen (secondary N) is 1. The van der Waals surface area contributed by atoms with E-state index >= 15 is 0 Å². The summed E-state index contributed by atoms with van der Waals surface area (Å²) in [4.78, 5) is 35.7. The Morgan fingerprint density at radius 1 is 1.50 bits per heavy atom. The fraction of sp³-hybridized carbons (Fsp3) is 0.750. The van der Waals surface area contributed by atoms with E-state index in [0.29, 0.717) is 19.6 Å². The number of halogens is 1. The molecule has 1 aliphatic rings. The van der Waals surface area contributed by atoms with Gasteiger partial charge in [0.15, 0.2) is 0 Å². The molecular weight excluding hydrogens is 395 g/mol. The molecule has 1 heterocycles. The Labute approximate surface area is 136 Å². The number of hydrogen-bond acceptors (Lipinski definition) is 5. The van der Waals surface area contributed by atoms with Crippen LogP contribution in [0.1, 0.15) is 12.8 Å². The van der Waals surface area contributed by atoms with Gasteiger partial charge >= 0.3 is 0 Å². The van der Waals surface area contributed by atoms with Crippen LogP contribution in [0.3, 0.4) is 0 Å². The monoisotopic (exact) mass is 414 g/mol. The summed E-state index contributed by atoms with van der Waals surface area (Å²) in [6.07, 6.45) is 2.55. The number of likely N-dealkylation sites (tertiary alicyclic amines) is 1. The van der Waals surface area contributed by atoms with Gasteiger partial charge in [0, 0.05) is 25.1 Å². The van der Waals surface area contributed by atoms with Crippen LogP contribution in [0.2, 0.25) is 0 Å². The summed E-state index contributed by atoms with van der Waals surface area (Å²) in [6, 6.07) is 0. The first-order chi connectivity index (χ1) is 9.56. The fourth-order valence-electron chi connectivity index (χ4n) is 1.68. The largest absolute Gasteiger partial charge is 0.379 e. The Hall–Kier alpha value is -0.350. The molecule has 0 aromatic rings. The van der Waals surface area contributed by atoms with E-state index in [2.05, 4.69) is 5.32 Å². The molecule has 1 fully saturated rings. The maximum atomic E-state index is 11.6. The van der Waals surface area contributed by atoms with Gasteiger partial charge in [0.1, 0.15) is 0 Å². The average molecular weight is 414 g/mol. The predicted octanol–water partition coefficient (Wildman–Crippen LogP) is 0.435. The first kappa shape index (κ1) is 17.7. The highest BCUT2D eigenvalue weighted by Crippen LogP contribution is 2.19. The Morgan fingerprint density at radius 3 is 2.85 bits per heavy atom. The first-order valence-electron chi connectivity index (χ1n) is 6.38. The van der Waals surface area contributed by atoms with E-state index in [4.69, 9.17) is 4.74 Å². The van der Waals surface area contributed by atoms with Crippen molar-refractivity contribution in [1.82, 2.24) is 10.2 Å². The van der Waals surface area contributed by atoms with Gasteiger partial charge in [-0.05, 0) is 6.26 Å². The highest BCUT2D eigenvalue weighted by atomic mass is 127. The molecule has 114 valence electrons. The van der Waals surface area contributed by atoms with Gasteiger partial charge in [-0.25, -0.2) is 0 Å². The molecule has 1 rings (SSSR count). The molecule has 20 heavy (non-hydrogen) atoms. The molecule has 0 saturated carbocycles. The van der Waals surface area contributed by atoms with Crippen LogP contribution in [0.15, 0.2) is 0 Å². The second-order valence-electron chi connectivity index (χ2n) is 4.26. The smallest absolute Gasteiger partial charge is 0.242 e. The Morgan fingerprint density at radius 2 is 2.25 bits per heavy atom. The molecule has 0 radical (unpaired) electrons. The lowest BCUT2D eigenvalue weighted by Crippen LogP contribution is -2.34. The summed E-state index contributed by atoms with van der Waals surface area (Å²) in [5.74, 6) is 0.560. The number of carbonyl (C=O) groups is 3. The summed E-state index contributed by atoms with van der Waals surface area (Å²) in [6.45, 7) is 1.51. The van der Waals surface area contributed by atoms with Crippen molar-refractivity contribution < 1.29 is 19.1 Å². The minimum Gasteiger partial charge on any atom is -0.379 e. The summed E-state index contributed by atoms with van der Waals surface area (Å²) >= 11 is 3.65. The lowest BCUT2D eigenvalue weighted by molar-refractivity contribution is -0.139. The van der Waals surface area contributed by atoms with Crippen molar-refractivity contribution in [3.8, 4) is 0 Å². The van der Waals surface area contributed by atoms with Gasteiger partial charge in [0.05, 0.1) is 23.7 Å². The zero-order valence-corrected chi connectivity index (χ0v) is 14.4. The number of hydrogen-bond donors (Lipinski definition) is 1. The van der Waals surface area contributed by atoms with E-state index in [0.717, 1.165) is 5.75 Å². The van der Waals surface area contributed by atoms with Crippen molar-refractivity contribution in [2.75, 3.05) is 38.3 Å². The van der Waals surface area contributed by atoms with Crippen LogP contribution < -0.4 is 5.32 Å². The lowest BCUT2D eigenvalue weighted by Gasteiger charge is -2.13. The fourth-order valence-corrected chi connectivity index (χ4v) is 2.70. The maximum absolute atomic E-state index is 11.6. The second kappa shape index (κ2) is 9.56. The van der Waals surface area contributed by atoms with Gasteiger partial charge in [-0.1, -0.05) is 22.6 Å². The van der Waals surface area contributed by atoms with Crippen LogP contribution in [0.25, 0.3) is 0 Å². The zero-order chi connectivity index (χ0) is 15.0. The molecule has 6 nitrogen and oxygen atoms in total. The molecule has 0 aromatic heterocycles. The third-order valence-electron chi connectivity index (χ3n) is 2.75. The SMILES string of the molecule is CSCCNC(=O)CCOCCN1C(=O)CC(I)C1=O. The second-order valence-corrected chi connectivity index (χ2v) is 6.75.